The summed E-state index contributed by atoms with van der Waals surface area (Å²) in [5.74, 6) is -0.329. The molecule has 0 saturated carbocycles. The second-order valence-electron chi connectivity index (χ2n) is 6.97. The van der Waals surface area contributed by atoms with Crippen molar-refractivity contribution in [2.24, 2.45) is 0 Å². The minimum atomic E-state index is -0.329. The lowest BCUT2D eigenvalue weighted by molar-refractivity contribution is -0.135. The summed E-state index contributed by atoms with van der Waals surface area (Å²) in [6.07, 6.45) is 12.1. The van der Waals surface area contributed by atoms with Crippen LogP contribution in [0.1, 0.15) is 40.3 Å². The molecule has 0 atom stereocenters. The van der Waals surface area contributed by atoms with E-state index in [1.54, 1.807) is 0 Å². The van der Waals surface area contributed by atoms with Gasteiger partial charge >= 0.3 is 5.97 Å². The Morgan fingerprint density at radius 2 is 0.944 bits per heavy atom. The van der Waals surface area contributed by atoms with Crippen molar-refractivity contribution in [2.45, 2.75) is 6.92 Å². The highest BCUT2D eigenvalue weighted by molar-refractivity contribution is 5.66. The molecule has 0 spiro atoms. The second-order valence-corrected chi connectivity index (χ2v) is 6.97. The van der Waals surface area contributed by atoms with Gasteiger partial charge in [-0.05, 0) is 39.4 Å². The number of hydrogen-bond donors (Lipinski definition) is 0. The minimum Gasteiger partial charge on any atom is -0.435 e. The molecule has 0 amide bonds. The van der Waals surface area contributed by atoms with E-state index in [-0.39, 0.29) is 5.97 Å². The number of hydrogen-bond acceptors (Lipinski definition) is 2. The van der Waals surface area contributed by atoms with Crippen molar-refractivity contribution in [3.05, 3.63) is 158 Å². The number of benzene rings is 3. The first-order chi connectivity index (χ1) is 17.4. The van der Waals surface area contributed by atoms with Crippen molar-refractivity contribution in [3.63, 3.8) is 0 Å². The zero-order valence-corrected chi connectivity index (χ0v) is 21.2. The van der Waals surface area contributed by atoms with E-state index in [0.29, 0.717) is 0 Å². The molecule has 36 heavy (non-hydrogen) atoms. The fourth-order valence-electron chi connectivity index (χ4n) is 2.58. The molecule has 0 saturated heterocycles. The highest BCUT2D eigenvalue weighted by Gasteiger charge is 1.89. The van der Waals surface area contributed by atoms with Crippen LogP contribution >= 0.6 is 0 Å². The quantitative estimate of drug-likeness (QED) is 0.251. The third-order valence-electron chi connectivity index (χ3n) is 4.48. The number of rotatable bonds is 7. The van der Waals surface area contributed by atoms with E-state index in [2.05, 4.69) is 50.8 Å². The van der Waals surface area contributed by atoms with Gasteiger partial charge in [0.2, 0.25) is 0 Å². The Labute approximate surface area is 217 Å². The Balaban J connectivity index is 0.000000462. The molecular weight excluding hydrogens is 440 g/mol. The summed E-state index contributed by atoms with van der Waals surface area (Å²) in [5.41, 5.74) is 6.83. The predicted octanol–water partition coefficient (Wildman–Crippen LogP) is 9.61. The summed E-state index contributed by atoms with van der Waals surface area (Å²) in [6.45, 7) is 26.5. The van der Waals surface area contributed by atoms with Gasteiger partial charge < -0.3 is 4.74 Å². The molecule has 2 nitrogen and oxygen atoms in total. The van der Waals surface area contributed by atoms with Gasteiger partial charge in [-0.25, -0.2) is 0 Å². The molecule has 3 aromatic carbocycles. The molecule has 0 aliphatic rings. The molecule has 3 rings (SSSR count). The lowest BCUT2D eigenvalue weighted by Gasteiger charge is -1.96. The van der Waals surface area contributed by atoms with Gasteiger partial charge in [0.1, 0.15) is 0 Å². The Hall–Kier alpha value is -4.69. The average molecular weight is 477 g/mol. The summed E-state index contributed by atoms with van der Waals surface area (Å²) in [6, 6.07) is 24.2. The molecule has 0 fully saturated rings. The molecule has 0 unspecified atom stereocenters. The Morgan fingerprint density at radius 1 is 0.556 bits per heavy atom. The number of ether oxygens (including phenoxy) is 1. The molecule has 0 heterocycles. The van der Waals surface area contributed by atoms with Crippen LogP contribution in [0.25, 0.3) is 36.5 Å². The molecule has 0 aliphatic heterocycles. The van der Waals surface area contributed by atoms with Gasteiger partial charge in [0.25, 0.3) is 0 Å². The van der Waals surface area contributed by atoms with Crippen LogP contribution < -0.4 is 0 Å². The van der Waals surface area contributed by atoms with E-state index in [1.807, 2.05) is 109 Å². The van der Waals surface area contributed by atoms with Gasteiger partial charge in [-0.15, -0.1) is 0 Å². The van der Waals surface area contributed by atoms with Crippen molar-refractivity contribution in [2.75, 3.05) is 0 Å². The van der Waals surface area contributed by atoms with E-state index in [0.717, 1.165) is 39.6 Å². The van der Waals surface area contributed by atoms with Crippen LogP contribution in [-0.2, 0) is 9.53 Å². The second kappa shape index (κ2) is 19.7. The smallest absolute Gasteiger partial charge is 0.307 e. The third kappa shape index (κ3) is 13.8. The van der Waals surface area contributed by atoms with E-state index in [4.69, 9.17) is 0 Å². The minimum absolute atomic E-state index is 0.329. The maximum Gasteiger partial charge on any atom is 0.307 e. The predicted molar refractivity (Wildman–Crippen MR) is 162 cm³/mol. The van der Waals surface area contributed by atoms with E-state index < -0.39 is 0 Å². The van der Waals surface area contributed by atoms with E-state index in [9.17, 15) is 4.79 Å². The molecule has 0 aliphatic carbocycles. The van der Waals surface area contributed by atoms with Crippen LogP contribution in [-0.4, -0.2) is 5.97 Å². The lowest BCUT2D eigenvalue weighted by Crippen LogP contribution is -1.87. The molecule has 0 N–H and O–H groups in total. The van der Waals surface area contributed by atoms with Crippen LogP contribution in [0.5, 0.6) is 0 Å². The van der Waals surface area contributed by atoms with Gasteiger partial charge in [0, 0.05) is 6.92 Å². The summed E-state index contributed by atoms with van der Waals surface area (Å²) in [7, 11) is 0. The van der Waals surface area contributed by atoms with Crippen molar-refractivity contribution < 1.29 is 9.53 Å². The Bertz CT molecular complexity index is 1070. The van der Waals surface area contributed by atoms with Crippen molar-refractivity contribution in [1.82, 2.24) is 0 Å². The van der Waals surface area contributed by atoms with Gasteiger partial charge in [0.15, 0.2) is 0 Å². The number of carbonyl (C=O) groups is 1. The van der Waals surface area contributed by atoms with Crippen LogP contribution in [0.4, 0.5) is 0 Å². The first-order valence-electron chi connectivity index (χ1n) is 11.2. The van der Waals surface area contributed by atoms with Crippen LogP contribution in [0, 0.1) is 0 Å². The fraction of sp³-hybridized carbons (Fsp3) is 0.0294. The summed E-state index contributed by atoms with van der Waals surface area (Å²) in [4.78, 5) is 9.75. The Kier molecular flexibility index (Phi) is 17.2. The average Bonchev–Trinajstić information content (AvgIpc) is 2.94. The molecule has 3 aromatic rings. The van der Waals surface area contributed by atoms with Crippen LogP contribution in [0.15, 0.2) is 125 Å². The standard InChI is InChI=1S/3C10H10.C4H6O2/c1-3-9-5-7-10(4-2)8-6-9;1-3-9-6-5-7-10(4-2)8-9;1-3-9-7-5-6-8-10(9)4-2;1-3-6-4(2)5/h3*3-8H,1-2H2;3H,1H2,2H3. The monoisotopic (exact) mass is 476 g/mol. The molecule has 184 valence electrons. The van der Waals surface area contributed by atoms with Gasteiger partial charge in [0.05, 0.1) is 6.26 Å². The largest absolute Gasteiger partial charge is 0.435 e. The third-order valence-corrected chi connectivity index (χ3v) is 4.48. The Morgan fingerprint density at radius 3 is 1.19 bits per heavy atom. The van der Waals surface area contributed by atoms with Crippen molar-refractivity contribution >= 4 is 42.4 Å². The molecule has 0 bridgehead atoms. The zero-order chi connectivity index (χ0) is 27.2. The molecule has 0 aromatic heterocycles. The molecule has 2 heteroatoms. The molecular formula is C34H36O2. The summed E-state index contributed by atoms with van der Waals surface area (Å²) >= 11 is 0. The highest BCUT2D eigenvalue weighted by atomic mass is 16.5. The first kappa shape index (κ1) is 31.3. The summed E-state index contributed by atoms with van der Waals surface area (Å²) < 4.78 is 4.17. The number of esters is 1. The zero-order valence-electron chi connectivity index (χ0n) is 21.2. The van der Waals surface area contributed by atoms with Gasteiger partial charge in [-0.2, -0.15) is 0 Å². The SMILES string of the molecule is C=COC(C)=O.C=Cc1ccc(C=C)cc1.C=Cc1cccc(C=C)c1.C=Cc1ccccc1C=C. The lowest BCUT2D eigenvalue weighted by atomic mass is 10.1. The van der Waals surface area contributed by atoms with Gasteiger partial charge in [-0.3, -0.25) is 4.79 Å². The number of carbonyl (C=O) groups excluding carboxylic acids is 1. The normalized spacial score (nSPS) is 8.47. The maximum atomic E-state index is 9.75. The fourth-order valence-corrected chi connectivity index (χ4v) is 2.58. The van der Waals surface area contributed by atoms with E-state index in [1.165, 1.54) is 6.92 Å². The molecule has 0 radical (unpaired) electrons. The van der Waals surface area contributed by atoms with E-state index >= 15 is 0 Å². The maximum absolute atomic E-state index is 9.75. The van der Waals surface area contributed by atoms with Crippen LogP contribution in [0.2, 0.25) is 0 Å². The highest BCUT2D eigenvalue weighted by Crippen LogP contribution is 2.10. The topological polar surface area (TPSA) is 26.3 Å². The van der Waals surface area contributed by atoms with Crippen LogP contribution in [0.3, 0.4) is 0 Å². The van der Waals surface area contributed by atoms with Crippen molar-refractivity contribution in [3.8, 4) is 0 Å². The van der Waals surface area contributed by atoms with Gasteiger partial charge in [-0.1, -0.05) is 149 Å². The van der Waals surface area contributed by atoms with Crippen molar-refractivity contribution in [1.29, 1.82) is 0 Å². The first-order valence-corrected chi connectivity index (χ1v) is 11.2. The summed E-state index contributed by atoms with van der Waals surface area (Å²) in [5, 5.41) is 0.